The van der Waals surface area contributed by atoms with Crippen LogP contribution in [0.25, 0.3) is 0 Å². The molecule has 0 spiro atoms. The number of pyridine rings is 1. The average Bonchev–Trinajstić information content (AvgIpc) is 2.10. The van der Waals surface area contributed by atoms with Gasteiger partial charge >= 0.3 is 0 Å². The molecule has 0 radical (unpaired) electrons. The third-order valence-corrected chi connectivity index (χ3v) is 1.91. The molecule has 74 valence electrons. The highest BCUT2D eigenvalue weighted by Gasteiger charge is 2.15. The van der Waals surface area contributed by atoms with Gasteiger partial charge in [-0.05, 0) is 24.1 Å². The second-order valence-electron chi connectivity index (χ2n) is 2.85. The molecule has 0 amide bonds. The van der Waals surface area contributed by atoms with E-state index in [1.54, 1.807) is 0 Å². The van der Waals surface area contributed by atoms with Gasteiger partial charge in [-0.25, -0.2) is 13.8 Å². The molecule has 0 saturated carbocycles. The zero-order valence-electron chi connectivity index (χ0n) is 7.59. The van der Waals surface area contributed by atoms with Crippen LogP contribution in [0.1, 0.15) is 23.2 Å². The van der Waals surface area contributed by atoms with Crippen LogP contribution >= 0.6 is 0 Å². The number of nitrogen functional groups attached to an aromatic ring is 1. The minimum Gasteiger partial charge on any atom is -0.384 e. The fourth-order valence-corrected chi connectivity index (χ4v) is 1.19. The van der Waals surface area contributed by atoms with E-state index in [0.717, 1.165) is 0 Å². The number of aromatic nitrogens is 1. The number of halogens is 2. The summed E-state index contributed by atoms with van der Waals surface area (Å²) in [7, 11) is 0. The van der Waals surface area contributed by atoms with Crippen LogP contribution in [0, 0.1) is 18.3 Å². The summed E-state index contributed by atoms with van der Waals surface area (Å²) >= 11 is 0. The standard InChI is InChI=1S/C9H9F2N3/c1-5-6(2-3-12)4-7(13)14-8(5)9(10)11/h4,9H,2H2,1H3,(H2,13,14). The predicted molar refractivity (Wildman–Crippen MR) is 47.7 cm³/mol. The van der Waals surface area contributed by atoms with Crippen molar-refractivity contribution in [3.05, 3.63) is 22.9 Å². The minimum atomic E-state index is -2.66. The highest BCUT2D eigenvalue weighted by Crippen LogP contribution is 2.24. The monoisotopic (exact) mass is 197 g/mol. The van der Waals surface area contributed by atoms with Crippen molar-refractivity contribution >= 4 is 5.82 Å². The van der Waals surface area contributed by atoms with Crippen LogP contribution in [-0.4, -0.2) is 4.98 Å². The molecule has 0 aromatic carbocycles. The van der Waals surface area contributed by atoms with Gasteiger partial charge in [0.25, 0.3) is 6.43 Å². The predicted octanol–water partition coefficient (Wildman–Crippen LogP) is 1.98. The van der Waals surface area contributed by atoms with Gasteiger partial charge in [0.1, 0.15) is 11.5 Å². The van der Waals surface area contributed by atoms with Gasteiger partial charge in [-0.3, -0.25) is 0 Å². The number of nitriles is 1. The molecule has 0 bridgehead atoms. The summed E-state index contributed by atoms with van der Waals surface area (Å²) in [5.74, 6) is 0.0242. The van der Waals surface area contributed by atoms with Gasteiger partial charge in [0, 0.05) is 0 Å². The molecule has 3 nitrogen and oxygen atoms in total. The number of alkyl halides is 2. The van der Waals surface area contributed by atoms with E-state index in [4.69, 9.17) is 11.0 Å². The lowest BCUT2D eigenvalue weighted by atomic mass is 10.1. The molecule has 1 aromatic rings. The van der Waals surface area contributed by atoms with E-state index in [1.165, 1.54) is 13.0 Å². The summed E-state index contributed by atoms with van der Waals surface area (Å²) in [6.45, 7) is 1.51. The Morgan fingerprint density at radius 3 is 2.79 bits per heavy atom. The SMILES string of the molecule is Cc1c(CC#N)cc(N)nc1C(F)F. The second kappa shape index (κ2) is 4.01. The summed E-state index contributed by atoms with van der Waals surface area (Å²) in [6, 6.07) is 3.34. The quantitative estimate of drug-likeness (QED) is 0.788. The zero-order valence-corrected chi connectivity index (χ0v) is 7.59. The van der Waals surface area contributed by atoms with E-state index in [2.05, 4.69) is 4.98 Å². The Kier molecular flexibility index (Phi) is 2.97. The van der Waals surface area contributed by atoms with E-state index in [9.17, 15) is 8.78 Å². The molecule has 0 aliphatic carbocycles. The van der Waals surface area contributed by atoms with E-state index in [1.807, 2.05) is 6.07 Å². The van der Waals surface area contributed by atoms with Crippen molar-refractivity contribution in [1.29, 1.82) is 5.26 Å². The normalized spacial score (nSPS) is 10.2. The Bertz CT molecular complexity index is 382. The lowest BCUT2D eigenvalue weighted by Gasteiger charge is -2.08. The minimum absolute atomic E-state index is 0.0242. The fourth-order valence-electron chi connectivity index (χ4n) is 1.19. The number of anilines is 1. The number of nitrogens with zero attached hydrogens (tertiary/aromatic N) is 2. The molecule has 2 N–H and O–H groups in total. The van der Waals surface area contributed by atoms with Crippen LogP contribution < -0.4 is 5.73 Å². The van der Waals surface area contributed by atoms with Gasteiger partial charge in [0.05, 0.1) is 12.5 Å². The van der Waals surface area contributed by atoms with Crippen molar-refractivity contribution in [3.63, 3.8) is 0 Å². The molecule has 1 aromatic heterocycles. The molecule has 0 atom stereocenters. The molecule has 1 rings (SSSR count). The largest absolute Gasteiger partial charge is 0.384 e. The first-order chi connectivity index (χ1) is 6.56. The fraction of sp³-hybridized carbons (Fsp3) is 0.333. The summed E-state index contributed by atoms with van der Waals surface area (Å²) < 4.78 is 24.9. The summed E-state index contributed by atoms with van der Waals surface area (Å²) in [5, 5.41) is 8.47. The van der Waals surface area contributed by atoms with E-state index in [-0.39, 0.29) is 17.9 Å². The smallest absolute Gasteiger partial charge is 0.280 e. The first kappa shape index (κ1) is 10.4. The maximum absolute atomic E-state index is 12.4. The molecule has 14 heavy (non-hydrogen) atoms. The molecule has 1 heterocycles. The lowest BCUT2D eigenvalue weighted by Crippen LogP contribution is -2.03. The van der Waals surface area contributed by atoms with Crippen molar-refractivity contribution in [2.45, 2.75) is 19.8 Å². The maximum Gasteiger partial charge on any atom is 0.280 e. The van der Waals surface area contributed by atoms with Crippen molar-refractivity contribution in [3.8, 4) is 6.07 Å². The first-order valence-electron chi connectivity index (χ1n) is 3.97. The summed E-state index contributed by atoms with van der Waals surface area (Å²) in [5.41, 5.74) is 5.86. The van der Waals surface area contributed by atoms with E-state index >= 15 is 0 Å². The molecule has 0 unspecified atom stereocenters. The number of hydrogen-bond donors (Lipinski definition) is 1. The van der Waals surface area contributed by atoms with Crippen LogP contribution in [0.15, 0.2) is 6.07 Å². The molecule has 0 aliphatic heterocycles. The van der Waals surface area contributed by atoms with E-state index in [0.29, 0.717) is 11.1 Å². The van der Waals surface area contributed by atoms with Crippen molar-refractivity contribution < 1.29 is 8.78 Å². The second-order valence-corrected chi connectivity index (χ2v) is 2.85. The highest BCUT2D eigenvalue weighted by molar-refractivity contribution is 5.42. The van der Waals surface area contributed by atoms with Gasteiger partial charge in [0.2, 0.25) is 0 Å². The topological polar surface area (TPSA) is 62.7 Å². The molecular formula is C9H9F2N3. The van der Waals surface area contributed by atoms with Crippen molar-refractivity contribution in [1.82, 2.24) is 4.98 Å². The van der Waals surface area contributed by atoms with Gasteiger partial charge in [0.15, 0.2) is 0 Å². The molecule has 0 aliphatic rings. The summed E-state index contributed by atoms with van der Waals surface area (Å²) in [6.07, 6.45) is -2.59. The average molecular weight is 197 g/mol. The third kappa shape index (κ3) is 1.96. The lowest BCUT2D eigenvalue weighted by molar-refractivity contribution is 0.145. The molecular weight excluding hydrogens is 188 g/mol. The van der Waals surface area contributed by atoms with Gasteiger partial charge in [-0.1, -0.05) is 0 Å². The molecule has 0 saturated heterocycles. The van der Waals surface area contributed by atoms with Gasteiger partial charge < -0.3 is 5.73 Å². The number of nitrogens with two attached hydrogens (primary N) is 1. The Labute approximate surface area is 80.2 Å². The molecule has 5 heteroatoms. The Balaban J connectivity index is 3.26. The van der Waals surface area contributed by atoms with Gasteiger partial charge in [-0.2, -0.15) is 5.26 Å². The third-order valence-electron chi connectivity index (χ3n) is 1.91. The van der Waals surface area contributed by atoms with Crippen LogP contribution in [0.3, 0.4) is 0 Å². The van der Waals surface area contributed by atoms with Crippen LogP contribution in [-0.2, 0) is 6.42 Å². The molecule has 0 fully saturated rings. The Morgan fingerprint density at radius 1 is 1.64 bits per heavy atom. The van der Waals surface area contributed by atoms with Crippen LogP contribution in [0.5, 0.6) is 0 Å². The van der Waals surface area contributed by atoms with E-state index < -0.39 is 6.43 Å². The van der Waals surface area contributed by atoms with Crippen LogP contribution in [0.2, 0.25) is 0 Å². The maximum atomic E-state index is 12.4. The highest BCUT2D eigenvalue weighted by atomic mass is 19.3. The Hall–Kier alpha value is -1.70. The van der Waals surface area contributed by atoms with Crippen LogP contribution in [0.4, 0.5) is 14.6 Å². The number of hydrogen-bond acceptors (Lipinski definition) is 3. The zero-order chi connectivity index (χ0) is 10.7. The first-order valence-corrected chi connectivity index (χ1v) is 3.97. The van der Waals surface area contributed by atoms with Gasteiger partial charge in [-0.15, -0.1) is 0 Å². The van der Waals surface area contributed by atoms with Crippen molar-refractivity contribution in [2.75, 3.05) is 5.73 Å². The van der Waals surface area contributed by atoms with Crippen molar-refractivity contribution in [2.24, 2.45) is 0 Å². The summed E-state index contributed by atoms with van der Waals surface area (Å²) in [4.78, 5) is 3.53. The number of rotatable bonds is 2. The Morgan fingerprint density at radius 2 is 2.29 bits per heavy atom.